The van der Waals surface area contributed by atoms with Crippen molar-refractivity contribution >= 4 is 17.3 Å². The van der Waals surface area contributed by atoms with Gasteiger partial charge in [-0.1, -0.05) is 6.07 Å². The Morgan fingerprint density at radius 2 is 1.63 bits per heavy atom. The fourth-order valence-electron chi connectivity index (χ4n) is 3.37. The van der Waals surface area contributed by atoms with Gasteiger partial charge in [0.25, 0.3) is 5.91 Å². The highest BCUT2D eigenvalue weighted by Gasteiger charge is 2.19. The predicted octanol–water partition coefficient (Wildman–Crippen LogP) is 3.96. The fourth-order valence-corrected chi connectivity index (χ4v) is 3.37. The SMILES string of the molecule is CCN(CC)C(=O)c1ccc(N(c2cccc(O)c2)C(C)CN(C)C)cc1. The summed E-state index contributed by atoms with van der Waals surface area (Å²) in [6, 6.07) is 15.2. The Bertz CT molecular complexity index is 739. The smallest absolute Gasteiger partial charge is 0.253 e. The molecule has 2 aromatic carbocycles. The zero-order chi connectivity index (χ0) is 20.0. The molecule has 2 rings (SSSR count). The van der Waals surface area contributed by atoms with Gasteiger partial charge in [-0.25, -0.2) is 0 Å². The summed E-state index contributed by atoms with van der Waals surface area (Å²) in [4.78, 5) is 18.7. The molecule has 0 aliphatic carbocycles. The van der Waals surface area contributed by atoms with Crippen molar-refractivity contribution in [2.45, 2.75) is 26.8 Å². The van der Waals surface area contributed by atoms with Crippen LogP contribution in [-0.2, 0) is 0 Å². The highest BCUT2D eigenvalue weighted by Crippen LogP contribution is 2.30. The van der Waals surface area contributed by atoms with E-state index in [0.717, 1.165) is 17.9 Å². The van der Waals surface area contributed by atoms with E-state index in [9.17, 15) is 9.90 Å². The van der Waals surface area contributed by atoms with Gasteiger partial charge in [0.05, 0.1) is 0 Å². The molecule has 1 amide bonds. The van der Waals surface area contributed by atoms with Crippen molar-refractivity contribution in [3.05, 3.63) is 54.1 Å². The number of nitrogens with zero attached hydrogens (tertiary/aromatic N) is 3. The monoisotopic (exact) mass is 369 g/mol. The molecule has 0 saturated carbocycles. The molecule has 0 spiro atoms. The van der Waals surface area contributed by atoms with Gasteiger partial charge in [0.1, 0.15) is 5.75 Å². The van der Waals surface area contributed by atoms with Crippen LogP contribution in [-0.4, -0.2) is 60.6 Å². The first-order valence-electron chi connectivity index (χ1n) is 9.49. The molecule has 27 heavy (non-hydrogen) atoms. The number of hydrogen-bond donors (Lipinski definition) is 1. The van der Waals surface area contributed by atoms with Gasteiger partial charge in [-0.2, -0.15) is 0 Å². The van der Waals surface area contributed by atoms with Gasteiger partial charge in [0, 0.05) is 48.7 Å². The highest BCUT2D eigenvalue weighted by molar-refractivity contribution is 5.94. The standard InChI is InChI=1S/C22H31N3O2/c1-6-24(7-2)22(27)18-11-13-19(14-12-18)25(17(3)16-23(4)5)20-9-8-10-21(26)15-20/h8-15,17,26H,6-7,16H2,1-5H3. The molecule has 0 aliphatic heterocycles. The second kappa shape index (κ2) is 9.42. The van der Waals surface area contributed by atoms with Gasteiger partial charge >= 0.3 is 0 Å². The molecule has 0 fully saturated rings. The maximum Gasteiger partial charge on any atom is 0.253 e. The Labute approximate surface area is 162 Å². The van der Waals surface area contributed by atoms with E-state index in [1.165, 1.54) is 0 Å². The van der Waals surface area contributed by atoms with Crippen molar-refractivity contribution < 1.29 is 9.90 Å². The molecule has 1 N–H and O–H groups in total. The molecule has 0 saturated heterocycles. The van der Waals surface area contributed by atoms with Crippen LogP contribution < -0.4 is 4.90 Å². The molecule has 2 aromatic rings. The summed E-state index contributed by atoms with van der Waals surface area (Å²) >= 11 is 0. The van der Waals surface area contributed by atoms with Gasteiger partial charge in [0.2, 0.25) is 0 Å². The Balaban J connectivity index is 2.37. The number of amides is 1. The van der Waals surface area contributed by atoms with Gasteiger partial charge < -0.3 is 19.8 Å². The average Bonchev–Trinajstić information content (AvgIpc) is 2.63. The predicted molar refractivity (Wildman–Crippen MR) is 112 cm³/mol. The molecule has 0 bridgehead atoms. The Hall–Kier alpha value is -2.53. The molecular formula is C22H31N3O2. The zero-order valence-electron chi connectivity index (χ0n) is 17.0. The van der Waals surface area contributed by atoms with Crippen LogP contribution in [0.2, 0.25) is 0 Å². The summed E-state index contributed by atoms with van der Waals surface area (Å²) < 4.78 is 0. The largest absolute Gasteiger partial charge is 0.508 e. The number of hydrogen-bond acceptors (Lipinski definition) is 4. The van der Waals surface area contributed by atoms with Gasteiger partial charge in [-0.05, 0) is 71.3 Å². The number of likely N-dealkylation sites (N-methyl/N-ethyl adjacent to an activating group) is 1. The third-order valence-corrected chi connectivity index (χ3v) is 4.62. The first-order chi connectivity index (χ1) is 12.9. The van der Waals surface area contributed by atoms with Crippen molar-refractivity contribution in [2.75, 3.05) is 38.6 Å². The van der Waals surface area contributed by atoms with Crippen LogP contribution in [0.3, 0.4) is 0 Å². The average molecular weight is 370 g/mol. The third-order valence-electron chi connectivity index (χ3n) is 4.62. The maximum atomic E-state index is 12.6. The second-order valence-electron chi connectivity index (χ2n) is 7.03. The minimum absolute atomic E-state index is 0.0526. The lowest BCUT2D eigenvalue weighted by Gasteiger charge is -2.33. The number of carbonyl (C=O) groups excluding carboxylic acids is 1. The number of carbonyl (C=O) groups is 1. The molecule has 5 heteroatoms. The first-order valence-corrected chi connectivity index (χ1v) is 9.49. The maximum absolute atomic E-state index is 12.6. The summed E-state index contributed by atoms with van der Waals surface area (Å²) in [6.07, 6.45) is 0. The van der Waals surface area contributed by atoms with E-state index in [-0.39, 0.29) is 17.7 Å². The topological polar surface area (TPSA) is 47.0 Å². The van der Waals surface area contributed by atoms with Crippen molar-refractivity contribution in [3.63, 3.8) is 0 Å². The third kappa shape index (κ3) is 5.23. The van der Waals surface area contributed by atoms with Gasteiger partial charge in [-0.3, -0.25) is 4.79 Å². The van der Waals surface area contributed by atoms with E-state index in [1.54, 1.807) is 12.1 Å². The van der Waals surface area contributed by atoms with Crippen molar-refractivity contribution in [1.29, 1.82) is 0 Å². The number of aromatic hydroxyl groups is 1. The highest BCUT2D eigenvalue weighted by atomic mass is 16.3. The first kappa shape index (κ1) is 20.8. The summed E-state index contributed by atoms with van der Waals surface area (Å²) in [6.45, 7) is 8.39. The minimum Gasteiger partial charge on any atom is -0.508 e. The van der Waals surface area contributed by atoms with E-state index >= 15 is 0 Å². The second-order valence-corrected chi connectivity index (χ2v) is 7.03. The van der Waals surface area contributed by atoms with Crippen LogP contribution in [0.1, 0.15) is 31.1 Å². The fraction of sp³-hybridized carbons (Fsp3) is 0.409. The number of phenols is 1. The normalized spacial score (nSPS) is 12.1. The van der Waals surface area contributed by atoms with Gasteiger partial charge in [-0.15, -0.1) is 0 Å². The molecule has 1 atom stereocenters. The number of anilines is 2. The van der Waals surface area contributed by atoms with E-state index in [2.05, 4.69) is 16.7 Å². The lowest BCUT2D eigenvalue weighted by atomic mass is 10.1. The van der Waals surface area contributed by atoms with Crippen molar-refractivity contribution in [2.24, 2.45) is 0 Å². The van der Waals surface area contributed by atoms with Crippen molar-refractivity contribution in [1.82, 2.24) is 9.80 Å². The van der Waals surface area contributed by atoms with Gasteiger partial charge in [0.15, 0.2) is 0 Å². The Morgan fingerprint density at radius 1 is 1.00 bits per heavy atom. The zero-order valence-corrected chi connectivity index (χ0v) is 17.0. The molecule has 0 heterocycles. The van der Waals surface area contributed by atoms with E-state index in [1.807, 2.05) is 69.2 Å². The quantitative estimate of drug-likeness (QED) is 0.765. The van der Waals surface area contributed by atoms with E-state index in [0.29, 0.717) is 18.7 Å². The number of benzene rings is 2. The van der Waals surface area contributed by atoms with Crippen LogP contribution in [0.5, 0.6) is 5.75 Å². The van der Waals surface area contributed by atoms with Crippen molar-refractivity contribution in [3.8, 4) is 5.75 Å². The summed E-state index contributed by atoms with van der Waals surface area (Å²) in [7, 11) is 4.09. The van der Waals surface area contributed by atoms with Crippen LogP contribution in [0.15, 0.2) is 48.5 Å². The van der Waals surface area contributed by atoms with Crippen LogP contribution in [0, 0.1) is 0 Å². The molecule has 0 aromatic heterocycles. The lowest BCUT2D eigenvalue weighted by molar-refractivity contribution is 0.0773. The lowest BCUT2D eigenvalue weighted by Crippen LogP contribution is -2.37. The number of phenolic OH excluding ortho intramolecular Hbond substituents is 1. The molecule has 1 unspecified atom stereocenters. The molecule has 5 nitrogen and oxygen atoms in total. The summed E-state index contributed by atoms with van der Waals surface area (Å²) in [5, 5.41) is 9.92. The van der Waals surface area contributed by atoms with Crippen LogP contribution in [0.25, 0.3) is 0 Å². The Morgan fingerprint density at radius 3 is 2.15 bits per heavy atom. The minimum atomic E-state index is 0.0526. The van der Waals surface area contributed by atoms with E-state index in [4.69, 9.17) is 0 Å². The molecule has 146 valence electrons. The number of rotatable bonds is 8. The van der Waals surface area contributed by atoms with E-state index < -0.39 is 0 Å². The molecular weight excluding hydrogens is 338 g/mol. The van der Waals surface area contributed by atoms with Crippen LogP contribution in [0.4, 0.5) is 11.4 Å². The summed E-state index contributed by atoms with van der Waals surface area (Å²) in [5.74, 6) is 0.291. The molecule has 0 aliphatic rings. The summed E-state index contributed by atoms with van der Waals surface area (Å²) in [5.41, 5.74) is 2.61. The molecule has 0 radical (unpaired) electrons. The Kier molecular flexibility index (Phi) is 7.25. The van der Waals surface area contributed by atoms with Crippen LogP contribution >= 0.6 is 0 Å².